The van der Waals surface area contributed by atoms with Gasteiger partial charge in [-0.05, 0) is 59.6 Å². The highest BCUT2D eigenvalue weighted by molar-refractivity contribution is 7.89. The summed E-state index contributed by atoms with van der Waals surface area (Å²) >= 11 is 0. The van der Waals surface area contributed by atoms with Crippen molar-refractivity contribution < 1.29 is 22.4 Å². The van der Waals surface area contributed by atoms with Gasteiger partial charge in [0, 0.05) is 19.1 Å². The smallest absolute Gasteiger partial charge is 0.261 e. The molecule has 200 valence electrons. The van der Waals surface area contributed by atoms with Crippen molar-refractivity contribution >= 4 is 40.9 Å². The molecule has 0 saturated carbocycles. The molecular formula is C29H34N2O5SSi. The van der Waals surface area contributed by atoms with Crippen LogP contribution >= 0.6 is 0 Å². The minimum atomic E-state index is -3.93. The normalized spacial score (nSPS) is 20.9. The van der Waals surface area contributed by atoms with E-state index in [4.69, 9.17) is 4.43 Å². The van der Waals surface area contributed by atoms with E-state index in [-0.39, 0.29) is 40.9 Å². The molecule has 2 atom stereocenters. The first-order valence-corrected chi connectivity index (χ1v) is 17.3. The Morgan fingerprint density at radius 2 is 1.47 bits per heavy atom. The van der Waals surface area contributed by atoms with Crippen molar-refractivity contribution in [2.75, 3.05) is 13.1 Å². The van der Waals surface area contributed by atoms with Crippen LogP contribution < -0.4 is 0 Å². The lowest BCUT2D eigenvalue weighted by Crippen LogP contribution is -2.45. The fraction of sp³-hybridized carbons (Fsp3) is 0.379. The molecule has 2 unspecified atom stereocenters. The van der Waals surface area contributed by atoms with Gasteiger partial charge in [0.25, 0.3) is 11.8 Å². The first-order valence-electron chi connectivity index (χ1n) is 12.9. The molecule has 5 rings (SSSR count). The third kappa shape index (κ3) is 4.62. The molecule has 38 heavy (non-hydrogen) atoms. The van der Waals surface area contributed by atoms with Gasteiger partial charge in [0.2, 0.25) is 10.0 Å². The molecule has 2 amide bonds. The third-order valence-electron chi connectivity index (χ3n) is 8.19. The van der Waals surface area contributed by atoms with Gasteiger partial charge in [-0.3, -0.25) is 14.5 Å². The number of amides is 2. The summed E-state index contributed by atoms with van der Waals surface area (Å²) in [6.07, 6.45) is 0.0820. The largest absolute Gasteiger partial charge is 0.413 e. The van der Waals surface area contributed by atoms with Crippen LogP contribution in [-0.4, -0.2) is 63.0 Å². The highest BCUT2D eigenvalue weighted by Crippen LogP contribution is 2.40. The fourth-order valence-corrected chi connectivity index (χ4v) is 8.12. The maximum atomic E-state index is 14.0. The molecule has 0 radical (unpaired) electrons. The van der Waals surface area contributed by atoms with Gasteiger partial charge >= 0.3 is 0 Å². The van der Waals surface area contributed by atoms with Crippen molar-refractivity contribution in [3.8, 4) is 0 Å². The number of hydrogen-bond acceptors (Lipinski definition) is 5. The molecule has 3 aromatic rings. The number of benzene rings is 3. The van der Waals surface area contributed by atoms with Gasteiger partial charge in [0.05, 0.1) is 22.1 Å². The van der Waals surface area contributed by atoms with Crippen LogP contribution in [0.4, 0.5) is 0 Å². The summed E-state index contributed by atoms with van der Waals surface area (Å²) in [4.78, 5) is 27.6. The van der Waals surface area contributed by atoms with E-state index < -0.39 is 24.4 Å². The van der Waals surface area contributed by atoms with Gasteiger partial charge in [0.1, 0.15) is 0 Å². The topological polar surface area (TPSA) is 84.0 Å². The predicted octanol–water partition coefficient (Wildman–Crippen LogP) is 5.29. The lowest BCUT2D eigenvalue weighted by Gasteiger charge is -2.38. The van der Waals surface area contributed by atoms with Crippen LogP contribution in [0.15, 0.2) is 71.6 Å². The maximum absolute atomic E-state index is 14.0. The van der Waals surface area contributed by atoms with E-state index in [1.165, 1.54) is 9.21 Å². The average molecular weight is 551 g/mol. The molecule has 7 nitrogen and oxygen atoms in total. The second kappa shape index (κ2) is 9.41. The number of rotatable bonds is 6. The van der Waals surface area contributed by atoms with E-state index in [9.17, 15) is 18.0 Å². The molecule has 2 aliphatic rings. The molecule has 3 aromatic carbocycles. The number of fused-ring (bicyclic) bond motifs is 2. The van der Waals surface area contributed by atoms with Crippen molar-refractivity contribution in [2.24, 2.45) is 0 Å². The first-order chi connectivity index (χ1) is 17.8. The lowest BCUT2D eigenvalue weighted by molar-refractivity contribution is 0.0627. The Kier molecular flexibility index (Phi) is 6.62. The van der Waals surface area contributed by atoms with Gasteiger partial charge in [0.15, 0.2) is 8.32 Å². The standard InChI is InChI=1S/C29H34N2O5SSi/c1-29(2,3)38(4,5)36-23-17-22(18-30-27(32)25-12-8-9-13-26(25)28(30)33)31(19-23)37(34,35)24-15-14-20-10-6-7-11-21(20)16-24/h6-16,22-23H,17-19H2,1-5H3. The summed E-state index contributed by atoms with van der Waals surface area (Å²) in [6.45, 7) is 10.9. The number of carbonyl (C=O) groups is 2. The molecule has 2 aliphatic heterocycles. The van der Waals surface area contributed by atoms with E-state index in [0.717, 1.165) is 10.8 Å². The zero-order chi connectivity index (χ0) is 27.5. The van der Waals surface area contributed by atoms with Gasteiger partial charge in [-0.15, -0.1) is 0 Å². The summed E-state index contributed by atoms with van der Waals surface area (Å²) in [5.41, 5.74) is 0.710. The fourth-order valence-electron chi connectivity index (χ4n) is 5.06. The molecule has 1 fully saturated rings. The van der Waals surface area contributed by atoms with Gasteiger partial charge in [-0.1, -0.05) is 63.2 Å². The minimum absolute atomic E-state index is 0.0173. The Morgan fingerprint density at radius 1 is 0.895 bits per heavy atom. The van der Waals surface area contributed by atoms with Crippen LogP contribution in [0, 0.1) is 0 Å². The molecule has 0 N–H and O–H groups in total. The zero-order valence-electron chi connectivity index (χ0n) is 22.5. The lowest BCUT2D eigenvalue weighted by atomic mass is 10.1. The monoisotopic (exact) mass is 550 g/mol. The van der Waals surface area contributed by atoms with Gasteiger partial charge in [-0.2, -0.15) is 4.31 Å². The van der Waals surface area contributed by atoms with Gasteiger partial charge in [-0.25, -0.2) is 8.42 Å². The van der Waals surface area contributed by atoms with Crippen LogP contribution in [0.5, 0.6) is 0 Å². The average Bonchev–Trinajstić information content (AvgIpc) is 3.37. The Bertz CT molecular complexity index is 1490. The van der Waals surface area contributed by atoms with Crippen molar-refractivity contribution in [1.82, 2.24) is 9.21 Å². The Morgan fingerprint density at radius 3 is 2.08 bits per heavy atom. The number of sulfonamides is 1. The molecule has 0 spiro atoms. The summed E-state index contributed by atoms with van der Waals surface area (Å²) < 4.78 is 36.2. The summed E-state index contributed by atoms with van der Waals surface area (Å²) in [5, 5.41) is 1.74. The highest BCUT2D eigenvalue weighted by Gasteiger charge is 2.48. The summed E-state index contributed by atoms with van der Waals surface area (Å²) in [5.74, 6) is -0.773. The number of nitrogens with zero attached hydrogens (tertiary/aromatic N) is 2. The number of carbonyl (C=O) groups excluding carboxylic acids is 2. The van der Waals surface area contributed by atoms with Crippen LogP contribution in [0.25, 0.3) is 10.8 Å². The molecule has 2 heterocycles. The van der Waals surface area contributed by atoms with E-state index in [1.54, 1.807) is 42.5 Å². The molecular weight excluding hydrogens is 516 g/mol. The minimum Gasteiger partial charge on any atom is -0.413 e. The molecule has 1 saturated heterocycles. The van der Waals surface area contributed by atoms with E-state index in [1.807, 2.05) is 24.3 Å². The second-order valence-electron chi connectivity index (χ2n) is 11.7. The van der Waals surface area contributed by atoms with Crippen molar-refractivity contribution in [2.45, 2.75) is 62.4 Å². The molecule has 0 aliphatic carbocycles. The molecule has 9 heteroatoms. The highest BCUT2D eigenvalue weighted by atomic mass is 32.2. The molecule has 0 bridgehead atoms. The van der Waals surface area contributed by atoms with E-state index in [2.05, 4.69) is 33.9 Å². The van der Waals surface area contributed by atoms with E-state index >= 15 is 0 Å². The SMILES string of the molecule is CC(C)(C)[Si](C)(C)OC1CC(CN2C(=O)c3ccccc3C2=O)N(S(=O)(=O)c2ccc3ccccc3c2)C1. The summed E-state index contributed by atoms with van der Waals surface area (Å²) in [6, 6.07) is 18.9. The van der Waals surface area contributed by atoms with Crippen LogP contribution in [-0.2, 0) is 14.4 Å². The predicted molar refractivity (Wildman–Crippen MR) is 150 cm³/mol. The third-order valence-corrected chi connectivity index (χ3v) is 14.6. The van der Waals surface area contributed by atoms with Crippen LogP contribution in [0.2, 0.25) is 18.1 Å². The first kappa shape index (κ1) is 26.7. The maximum Gasteiger partial charge on any atom is 0.261 e. The molecule has 0 aromatic heterocycles. The van der Waals surface area contributed by atoms with Crippen LogP contribution in [0.3, 0.4) is 0 Å². The Labute approximate surface area is 225 Å². The van der Waals surface area contributed by atoms with E-state index in [0.29, 0.717) is 17.5 Å². The number of imide groups is 1. The van der Waals surface area contributed by atoms with Crippen LogP contribution in [0.1, 0.15) is 47.9 Å². The van der Waals surface area contributed by atoms with Crippen molar-refractivity contribution in [3.05, 3.63) is 77.9 Å². The number of hydrogen-bond donors (Lipinski definition) is 0. The summed E-state index contributed by atoms with van der Waals surface area (Å²) in [7, 11) is -6.12. The Balaban J connectivity index is 1.49. The van der Waals surface area contributed by atoms with Crippen molar-refractivity contribution in [1.29, 1.82) is 0 Å². The second-order valence-corrected chi connectivity index (χ2v) is 18.4. The van der Waals surface area contributed by atoms with Crippen molar-refractivity contribution in [3.63, 3.8) is 0 Å². The Hall–Kier alpha value is -2.85. The van der Waals surface area contributed by atoms with Gasteiger partial charge < -0.3 is 4.43 Å². The quantitative estimate of drug-likeness (QED) is 0.308. The zero-order valence-corrected chi connectivity index (χ0v) is 24.3.